The zero-order valence-electron chi connectivity index (χ0n) is 21.6. The van der Waals surface area contributed by atoms with Gasteiger partial charge in [0.2, 0.25) is 0 Å². The van der Waals surface area contributed by atoms with Crippen LogP contribution in [0.1, 0.15) is 47.0 Å². The van der Waals surface area contributed by atoms with Crippen LogP contribution in [0, 0.1) is 22.7 Å². The molecule has 5 aliphatic rings. The summed E-state index contributed by atoms with van der Waals surface area (Å²) in [5.41, 5.74) is -13.7. The lowest BCUT2D eigenvalue weighted by Crippen LogP contribution is -2.71. The Morgan fingerprint density at radius 2 is 1.82 bits per heavy atom. The molecule has 1 aliphatic heterocycles. The number of hydrogen-bond acceptors (Lipinski definition) is 8. The van der Waals surface area contributed by atoms with Crippen LogP contribution < -0.4 is 0 Å². The number of carbonyl (C=O) groups is 2. The molecule has 1 heterocycles. The maximum atomic E-state index is 17.3. The molecule has 0 aromatic heterocycles. The molecule has 0 spiro atoms. The van der Waals surface area contributed by atoms with Gasteiger partial charge in [-0.1, -0.05) is 13.0 Å². The number of fused-ring (bicyclic) bond motifs is 7. The fraction of sp³-hybridized carbons (Fsp3) is 0.760. The molecule has 4 fully saturated rings. The van der Waals surface area contributed by atoms with E-state index in [1.165, 1.54) is 33.8 Å². The summed E-state index contributed by atoms with van der Waals surface area (Å²) >= 11 is 0. The van der Waals surface area contributed by atoms with E-state index in [0.29, 0.717) is 0 Å². The zero-order chi connectivity index (χ0) is 29.2. The number of alkyl halides is 5. The largest absolute Gasteiger partial charge is 0.523 e. The highest BCUT2D eigenvalue weighted by atomic mass is 32.2. The first-order valence-corrected chi connectivity index (χ1v) is 13.9. The first-order valence-electron chi connectivity index (χ1n) is 12.5. The lowest BCUT2D eigenvalue weighted by atomic mass is 9.44. The number of Topliss-reactive ketones (excluding diaryl/α,β-unsaturated/α-hetero) is 1. The minimum atomic E-state index is -6.12. The molecule has 8 nitrogen and oxygen atoms in total. The number of carbonyl (C=O) groups excluding carboxylic acids is 2. The second-order valence-electron chi connectivity index (χ2n) is 12.0. The average Bonchev–Trinajstić information content (AvgIpc) is 3.21. The highest BCUT2D eigenvalue weighted by Crippen LogP contribution is 2.72. The molecule has 39 heavy (non-hydrogen) atoms. The number of ether oxygens (including phenoxy) is 2. The first-order chi connectivity index (χ1) is 17.7. The molecule has 1 saturated heterocycles. The second-order valence-corrected chi connectivity index (χ2v) is 13.6. The summed E-state index contributed by atoms with van der Waals surface area (Å²) < 4.78 is 111. The van der Waals surface area contributed by atoms with Crippen LogP contribution >= 0.6 is 0 Å². The number of ketones is 2. The van der Waals surface area contributed by atoms with Gasteiger partial charge in [-0.15, -0.1) is 0 Å². The topological polar surface area (TPSA) is 116 Å². The number of halogens is 5. The molecule has 0 radical (unpaired) electrons. The van der Waals surface area contributed by atoms with Crippen LogP contribution in [-0.2, 0) is 33.4 Å². The minimum Gasteiger partial charge on any atom is -0.390 e. The SMILES string of the molecule is CC1(C)O[C@@H]2C[C@H]3[C@@H]4C[C@H](F)C5=CC(=O)C=C[C@]5(C)[C@@]4(F)[C@@H](O)C[C@]3(C)[C@]2(C(=O)COS(=O)(=O)C(F)(F)F)O1. The summed E-state index contributed by atoms with van der Waals surface area (Å²) in [6.45, 7) is 4.25. The Morgan fingerprint density at radius 1 is 1.18 bits per heavy atom. The number of aliphatic hydroxyl groups is 1. The smallest absolute Gasteiger partial charge is 0.390 e. The molecular formula is C25H29F5O8S. The molecular weight excluding hydrogens is 555 g/mol. The Morgan fingerprint density at radius 3 is 2.44 bits per heavy atom. The molecule has 0 aromatic rings. The Balaban J connectivity index is 1.58. The second kappa shape index (κ2) is 8.17. The van der Waals surface area contributed by atoms with E-state index in [2.05, 4.69) is 4.18 Å². The van der Waals surface area contributed by atoms with Gasteiger partial charge in [0.05, 0.1) is 12.2 Å². The number of aliphatic hydroxyl groups excluding tert-OH is 1. The summed E-state index contributed by atoms with van der Waals surface area (Å²) in [6, 6.07) is 0. The van der Waals surface area contributed by atoms with E-state index in [0.717, 1.165) is 12.2 Å². The molecule has 9 atom stereocenters. The van der Waals surface area contributed by atoms with Gasteiger partial charge in [-0.3, -0.25) is 13.8 Å². The Labute approximate surface area is 221 Å². The van der Waals surface area contributed by atoms with Gasteiger partial charge in [-0.2, -0.15) is 21.6 Å². The van der Waals surface area contributed by atoms with Crippen LogP contribution in [0.4, 0.5) is 22.0 Å². The lowest BCUT2D eigenvalue weighted by molar-refractivity contribution is -0.248. The quantitative estimate of drug-likeness (QED) is 0.304. The predicted molar refractivity (Wildman–Crippen MR) is 123 cm³/mol. The summed E-state index contributed by atoms with van der Waals surface area (Å²) in [7, 11) is -6.12. The maximum Gasteiger partial charge on any atom is 0.523 e. The summed E-state index contributed by atoms with van der Waals surface area (Å²) in [5.74, 6) is -5.24. The summed E-state index contributed by atoms with van der Waals surface area (Å²) in [5, 5.41) is 11.4. The van der Waals surface area contributed by atoms with Crippen molar-refractivity contribution < 1.29 is 58.7 Å². The van der Waals surface area contributed by atoms with Gasteiger partial charge in [-0.25, -0.2) is 8.78 Å². The van der Waals surface area contributed by atoms with Gasteiger partial charge < -0.3 is 14.6 Å². The van der Waals surface area contributed by atoms with Gasteiger partial charge in [-0.05, 0) is 63.7 Å². The Hall–Kier alpha value is -1.74. The van der Waals surface area contributed by atoms with E-state index in [9.17, 15) is 36.3 Å². The van der Waals surface area contributed by atoms with Crippen molar-refractivity contribution in [2.45, 2.75) is 87.9 Å². The van der Waals surface area contributed by atoms with Gasteiger partial charge >= 0.3 is 15.6 Å². The van der Waals surface area contributed by atoms with Crippen LogP contribution in [0.5, 0.6) is 0 Å². The minimum absolute atomic E-state index is 0.0781. The third-order valence-electron chi connectivity index (χ3n) is 9.66. The van der Waals surface area contributed by atoms with Crippen molar-refractivity contribution in [3.05, 3.63) is 23.8 Å². The van der Waals surface area contributed by atoms with Gasteiger partial charge in [0.1, 0.15) is 12.8 Å². The molecule has 0 bridgehead atoms. The van der Waals surface area contributed by atoms with Crippen molar-refractivity contribution in [2.24, 2.45) is 22.7 Å². The van der Waals surface area contributed by atoms with Crippen LogP contribution in [0.15, 0.2) is 23.8 Å². The maximum absolute atomic E-state index is 17.3. The molecule has 4 aliphatic carbocycles. The third-order valence-corrected chi connectivity index (χ3v) is 10.7. The molecule has 1 N–H and O–H groups in total. The molecule has 3 saturated carbocycles. The fourth-order valence-electron chi connectivity index (χ4n) is 8.11. The first kappa shape index (κ1) is 28.8. The molecule has 0 amide bonds. The van der Waals surface area contributed by atoms with Gasteiger partial charge in [0, 0.05) is 16.7 Å². The van der Waals surface area contributed by atoms with E-state index < -0.39 is 105 Å². The van der Waals surface area contributed by atoms with Crippen molar-refractivity contribution in [1.82, 2.24) is 0 Å². The van der Waals surface area contributed by atoms with Crippen LogP contribution in [-0.4, -0.2) is 72.6 Å². The van der Waals surface area contributed by atoms with E-state index in [1.807, 2.05) is 0 Å². The number of rotatable bonds is 4. The predicted octanol–water partition coefficient (Wildman–Crippen LogP) is 3.24. The van der Waals surface area contributed by atoms with Gasteiger partial charge in [0.25, 0.3) is 0 Å². The molecule has 218 valence electrons. The van der Waals surface area contributed by atoms with Crippen molar-refractivity contribution in [1.29, 1.82) is 0 Å². The summed E-state index contributed by atoms with van der Waals surface area (Å²) in [4.78, 5) is 25.6. The fourth-order valence-corrected chi connectivity index (χ4v) is 8.50. The Bertz CT molecular complexity index is 1290. The molecule has 0 aromatic carbocycles. The van der Waals surface area contributed by atoms with Crippen LogP contribution in [0.25, 0.3) is 0 Å². The molecule has 5 rings (SSSR count). The zero-order valence-corrected chi connectivity index (χ0v) is 22.4. The van der Waals surface area contributed by atoms with Crippen LogP contribution in [0.2, 0.25) is 0 Å². The number of hydrogen-bond donors (Lipinski definition) is 1. The van der Waals surface area contributed by atoms with E-state index in [1.54, 1.807) is 0 Å². The number of allylic oxidation sites excluding steroid dienone is 4. The van der Waals surface area contributed by atoms with Crippen molar-refractivity contribution in [3.63, 3.8) is 0 Å². The van der Waals surface area contributed by atoms with Crippen molar-refractivity contribution in [2.75, 3.05) is 6.61 Å². The van der Waals surface area contributed by atoms with Crippen molar-refractivity contribution >= 4 is 21.7 Å². The van der Waals surface area contributed by atoms with E-state index in [4.69, 9.17) is 9.47 Å². The highest BCUT2D eigenvalue weighted by Gasteiger charge is 2.80. The standard InChI is InChI=1S/C25H29F5O8S/c1-20(2)37-19-9-13-14-8-16(26)15-7-12(31)5-6-21(15,3)23(14,27)17(32)10-22(13,4)24(19,38-20)18(33)11-36-39(34,35)25(28,29)30/h5-7,13-14,16-17,19,32H,8-11H2,1-4H3/t13-,14-,16-,17-,19+,21-,22-,23-,24+/m0/s1. The third kappa shape index (κ3) is 3.57. The normalized spacial score (nSPS) is 46.7. The lowest BCUT2D eigenvalue weighted by Gasteiger charge is -2.63. The molecule has 14 heteroatoms. The van der Waals surface area contributed by atoms with Gasteiger partial charge in [0.15, 0.2) is 28.6 Å². The molecule has 0 unspecified atom stereocenters. The van der Waals surface area contributed by atoms with Crippen LogP contribution in [0.3, 0.4) is 0 Å². The monoisotopic (exact) mass is 584 g/mol. The highest BCUT2D eigenvalue weighted by molar-refractivity contribution is 7.87. The van der Waals surface area contributed by atoms with E-state index in [-0.39, 0.29) is 12.0 Å². The average molecular weight is 585 g/mol. The van der Waals surface area contributed by atoms with Crippen molar-refractivity contribution in [3.8, 4) is 0 Å². The Kier molecular flexibility index (Phi) is 6.03. The summed E-state index contributed by atoms with van der Waals surface area (Å²) in [6.07, 6.45) is -2.31. The van der Waals surface area contributed by atoms with E-state index >= 15 is 8.78 Å².